The molecule has 0 saturated heterocycles. The minimum Gasteiger partial charge on any atom is -0.370 e. The molecule has 0 aromatic carbocycles. The fourth-order valence-electron chi connectivity index (χ4n) is 1.01. The smallest absolute Gasteiger partial charge is 0.219 e. The standard InChI is InChI=1S/C8H10ClN3O/c9-6-4-12-2-1-5(6)7(10)3-8(11)13/h1-2,4,7H,3,10H2,(H2,11,13)/t7-/m0/s1. The van der Waals surface area contributed by atoms with Crippen molar-refractivity contribution in [3.05, 3.63) is 29.0 Å². The Balaban J connectivity index is 2.82. The van der Waals surface area contributed by atoms with Crippen molar-refractivity contribution < 1.29 is 4.79 Å². The molecular formula is C8H10ClN3O. The van der Waals surface area contributed by atoms with E-state index in [2.05, 4.69) is 4.98 Å². The summed E-state index contributed by atoms with van der Waals surface area (Å²) in [6.07, 6.45) is 3.14. The van der Waals surface area contributed by atoms with Gasteiger partial charge in [0, 0.05) is 24.9 Å². The van der Waals surface area contributed by atoms with Crippen LogP contribution in [0.1, 0.15) is 18.0 Å². The zero-order chi connectivity index (χ0) is 9.84. The highest BCUT2D eigenvalue weighted by Crippen LogP contribution is 2.21. The lowest BCUT2D eigenvalue weighted by Gasteiger charge is -2.10. The minimum atomic E-state index is -0.451. The number of carbonyl (C=O) groups excluding carboxylic acids is 1. The van der Waals surface area contributed by atoms with E-state index in [-0.39, 0.29) is 6.42 Å². The molecule has 1 aromatic rings. The molecule has 0 spiro atoms. The molecule has 13 heavy (non-hydrogen) atoms. The predicted octanol–water partition coefficient (Wildman–Crippen LogP) is 0.610. The van der Waals surface area contributed by atoms with E-state index in [0.717, 1.165) is 0 Å². The van der Waals surface area contributed by atoms with Crippen LogP contribution in [0.4, 0.5) is 0 Å². The zero-order valence-corrected chi connectivity index (χ0v) is 7.66. The fraction of sp³-hybridized carbons (Fsp3) is 0.250. The first kappa shape index (κ1) is 9.95. The summed E-state index contributed by atoms with van der Waals surface area (Å²) >= 11 is 5.81. The van der Waals surface area contributed by atoms with Crippen molar-refractivity contribution in [2.45, 2.75) is 12.5 Å². The average molecular weight is 200 g/mol. The summed E-state index contributed by atoms with van der Waals surface area (Å²) < 4.78 is 0. The summed E-state index contributed by atoms with van der Waals surface area (Å²) in [6.45, 7) is 0. The first-order valence-electron chi connectivity index (χ1n) is 3.74. The molecule has 0 radical (unpaired) electrons. The normalized spacial score (nSPS) is 12.5. The van der Waals surface area contributed by atoms with Crippen LogP contribution in [0.15, 0.2) is 18.5 Å². The van der Waals surface area contributed by atoms with Gasteiger partial charge in [0.15, 0.2) is 0 Å². The number of primary amides is 1. The Kier molecular flexibility index (Phi) is 3.22. The van der Waals surface area contributed by atoms with Gasteiger partial charge in [0.05, 0.1) is 5.02 Å². The number of rotatable bonds is 3. The van der Waals surface area contributed by atoms with E-state index in [1.54, 1.807) is 12.3 Å². The fourth-order valence-corrected chi connectivity index (χ4v) is 1.27. The van der Waals surface area contributed by atoms with Gasteiger partial charge in [-0.2, -0.15) is 0 Å². The number of hydrogen-bond acceptors (Lipinski definition) is 3. The third-order valence-electron chi connectivity index (χ3n) is 1.62. The summed E-state index contributed by atoms with van der Waals surface area (Å²) in [5.74, 6) is -0.444. The molecule has 4 N–H and O–H groups in total. The van der Waals surface area contributed by atoms with Crippen LogP contribution < -0.4 is 11.5 Å². The first-order valence-corrected chi connectivity index (χ1v) is 4.12. The third-order valence-corrected chi connectivity index (χ3v) is 1.94. The molecule has 0 unspecified atom stereocenters. The molecule has 0 fully saturated rings. The summed E-state index contributed by atoms with van der Waals surface area (Å²) in [5, 5.41) is 0.455. The summed E-state index contributed by atoms with van der Waals surface area (Å²) in [4.78, 5) is 14.4. The van der Waals surface area contributed by atoms with E-state index >= 15 is 0 Å². The second-order valence-electron chi connectivity index (χ2n) is 2.67. The van der Waals surface area contributed by atoms with Gasteiger partial charge in [-0.25, -0.2) is 0 Å². The number of amides is 1. The number of aromatic nitrogens is 1. The Bertz CT molecular complexity index is 316. The molecule has 0 aliphatic rings. The van der Waals surface area contributed by atoms with Crippen molar-refractivity contribution in [3.8, 4) is 0 Å². The number of pyridine rings is 1. The van der Waals surface area contributed by atoms with E-state index in [1.165, 1.54) is 6.20 Å². The van der Waals surface area contributed by atoms with Crippen LogP contribution in [-0.2, 0) is 4.79 Å². The maximum Gasteiger partial charge on any atom is 0.219 e. The van der Waals surface area contributed by atoms with E-state index in [1.807, 2.05) is 0 Å². The molecular weight excluding hydrogens is 190 g/mol. The van der Waals surface area contributed by atoms with Gasteiger partial charge in [-0.3, -0.25) is 9.78 Å². The van der Waals surface area contributed by atoms with Crippen molar-refractivity contribution in [2.24, 2.45) is 11.5 Å². The van der Waals surface area contributed by atoms with Gasteiger partial charge < -0.3 is 11.5 Å². The van der Waals surface area contributed by atoms with E-state index in [9.17, 15) is 4.79 Å². The van der Waals surface area contributed by atoms with Crippen molar-refractivity contribution in [3.63, 3.8) is 0 Å². The van der Waals surface area contributed by atoms with Gasteiger partial charge >= 0.3 is 0 Å². The van der Waals surface area contributed by atoms with Gasteiger partial charge in [-0.15, -0.1) is 0 Å². The molecule has 0 saturated carbocycles. The Morgan fingerprint density at radius 1 is 1.69 bits per heavy atom. The van der Waals surface area contributed by atoms with E-state index in [0.29, 0.717) is 10.6 Å². The highest BCUT2D eigenvalue weighted by atomic mass is 35.5. The number of nitrogens with two attached hydrogens (primary N) is 2. The van der Waals surface area contributed by atoms with Crippen LogP contribution >= 0.6 is 11.6 Å². The van der Waals surface area contributed by atoms with Crippen LogP contribution in [0.5, 0.6) is 0 Å². The van der Waals surface area contributed by atoms with E-state index < -0.39 is 11.9 Å². The summed E-state index contributed by atoms with van der Waals surface area (Å²) in [5.41, 5.74) is 11.4. The van der Waals surface area contributed by atoms with Crippen molar-refractivity contribution in [1.82, 2.24) is 4.98 Å². The summed E-state index contributed by atoms with van der Waals surface area (Å²) in [7, 11) is 0. The van der Waals surface area contributed by atoms with Gasteiger partial charge in [-0.1, -0.05) is 11.6 Å². The Hall–Kier alpha value is -1.13. The largest absolute Gasteiger partial charge is 0.370 e. The van der Waals surface area contributed by atoms with Gasteiger partial charge in [0.25, 0.3) is 0 Å². The average Bonchev–Trinajstić information content (AvgIpc) is 2.03. The maximum atomic E-state index is 10.6. The SMILES string of the molecule is NC(=O)C[C@H](N)c1ccncc1Cl. The van der Waals surface area contributed by atoms with Crippen molar-refractivity contribution in [1.29, 1.82) is 0 Å². The number of carbonyl (C=O) groups is 1. The van der Waals surface area contributed by atoms with E-state index in [4.69, 9.17) is 23.1 Å². The van der Waals surface area contributed by atoms with Gasteiger partial charge in [-0.05, 0) is 11.6 Å². The van der Waals surface area contributed by atoms with Gasteiger partial charge in [0.1, 0.15) is 0 Å². The zero-order valence-electron chi connectivity index (χ0n) is 6.90. The first-order chi connectivity index (χ1) is 6.11. The van der Waals surface area contributed by atoms with Crippen molar-refractivity contribution >= 4 is 17.5 Å². The molecule has 5 heteroatoms. The minimum absolute atomic E-state index is 0.0870. The predicted molar refractivity (Wildman–Crippen MR) is 50.0 cm³/mol. The lowest BCUT2D eigenvalue weighted by atomic mass is 10.1. The number of halogens is 1. The Labute approximate surface area is 80.9 Å². The van der Waals surface area contributed by atoms with Crippen LogP contribution in [-0.4, -0.2) is 10.9 Å². The molecule has 0 aliphatic heterocycles. The molecule has 0 bridgehead atoms. The lowest BCUT2D eigenvalue weighted by molar-refractivity contribution is -0.118. The van der Waals surface area contributed by atoms with Crippen molar-refractivity contribution in [2.75, 3.05) is 0 Å². The monoisotopic (exact) mass is 199 g/mol. The quantitative estimate of drug-likeness (QED) is 0.749. The van der Waals surface area contributed by atoms with Crippen LogP contribution in [0, 0.1) is 0 Å². The van der Waals surface area contributed by atoms with Crippen LogP contribution in [0.3, 0.4) is 0 Å². The van der Waals surface area contributed by atoms with Crippen LogP contribution in [0.25, 0.3) is 0 Å². The highest BCUT2D eigenvalue weighted by Gasteiger charge is 2.11. The lowest BCUT2D eigenvalue weighted by Crippen LogP contribution is -2.20. The molecule has 4 nitrogen and oxygen atoms in total. The molecule has 1 atom stereocenters. The molecule has 70 valence electrons. The van der Waals surface area contributed by atoms with Gasteiger partial charge in [0.2, 0.25) is 5.91 Å². The second kappa shape index (κ2) is 4.20. The third kappa shape index (κ3) is 2.68. The number of nitrogens with zero attached hydrogens (tertiary/aromatic N) is 1. The topological polar surface area (TPSA) is 82.0 Å². The molecule has 1 heterocycles. The highest BCUT2D eigenvalue weighted by molar-refractivity contribution is 6.31. The summed E-state index contributed by atoms with van der Waals surface area (Å²) in [6, 6.07) is 1.23. The number of hydrogen-bond donors (Lipinski definition) is 2. The Morgan fingerprint density at radius 3 is 2.92 bits per heavy atom. The molecule has 0 aliphatic carbocycles. The molecule has 1 amide bonds. The molecule has 1 rings (SSSR count). The second-order valence-corrected chi connectivity index (χ2v) is 3.08. The maximum absolute atomic E-state index is 10.6. The Morgan fingerprint density at radius 2 is 2.38 bits per heavy atom. The van der Waals surface area contributed by atoms with Crippen LogP contribution in [0.2, 0.25) is 5.02 Å². The molecule has 1 aromatic heterocycles.